The van der Waals surface area contributed by atoms with Gasteiger partial charge in [-0.2, -0.15) is 0 Å². The molecule has 54 valence electrons. The van der Waals surface area contributed by atoms with Crippen LogP contribution in [0.5, 0.6) is 0 Å². The Kier molecular flexibility index (Phi) is 3.73. The van der Waals surface area contributed by atoms with E-state index in [1.165, 1.54) is 6.92 Å². The molecule has 0 N–H and O–H groups in total. The topological polar surface area (TPSA) is 26.3 Å². The molecule has 0 fully saturated rings. The third-order valence-corrected chi connectivity index (χ3v) is 2.15. The first-order valence-electron chi connectivity index (χ1n) is 2.55. The van der Waals surface area contributed by atoms with E-state index < -0.39 is 3.42 Å². The zero-order chi connectivity index (χ0) is 7.49. The molecule has 0 aromatic rings. The van der Waals surface area contributed by atoms with E-state index in [0.717, 1.165) is 0 Å². The van der Waals surface area contributed by atoms with Gasteiger partial charge >= 0.3 is 5.97 Å². The van der Waals surface area contributed by atoms with Gasteiger partial charge in [0.2, 0.25) is 3.42 Å². The molecule has 0 aliphatic rings. The van der Waals surface area contributed by atoms with Crippen LogP contribution in [-0.2, 0) is 9.53 Å². The first-order chi connectivity index (χ1) is 3.98. The van der Waals surface area contributed by atoms with Crippen molar-refractivity contribution in [1.82, 2.24) is 0 Å². The molecule has 2 nitrogen and oxygen atoms in total. The highest BCUT2D eigenvalue weighted by Gasteiger charge is 2.22. The SMILES string of the molecule is CCC(Br)(Br)OC(C)=O. The molecule has 9 heavy (non-hydrogen) atoms. The van der Waals surface area contributed by atoms with Gasteiger partial charge in [-0.15, -0.1) is 0 Å². The third kappa shape index (κ3) is 4.90. The Morgan fingerprint density at radius 1 is 1.67 bits per heavy atom. The summed E-state index contributed by atoms with van der Waals surface area (Å²) in [6.45, 7) is 3.26. The van der Waals surface area contributed by atoms with Crippen LogP contribution in [0.3, 0.4) is 0 Å². The van der Waals surface area contributed by atoms with Crippen molar-refractivity contribution < 1.29 is 9.53 Å². The van der Waals surface area contributed by atoms with Gasteiger partial charge in [-0.1, -0.05) is 6.92 Å². The van der Waals surface area contributed by atoms with E-state index in [2.05, 4.69) is 31.9 Å². The second kappa shape index (κ2) is 3.56. The van der Waals surface area contributed by atoms with E-state index in [4.69, 9.17) is 4.74 Å². The van der Waals surface area contributed by atoms with Gasteiger partial charge in [-0.05, 0) is 31.9 Å². The number of ether oxygens (including phenoxy) is 1. The quantitative estimate of drug-likeness (QED) is 0.562. The van der Waals surface area contributed by atoms with E-state index in [9.17, 15) is 4.79 Å². The molecule has 0 unspecified atom stereocenters. The molecule has 0 radical (unpaired) electrons. The fourth-order valence-corrected chi connectivity index (χ4v) is 0.738. The monoisotopic (exact) mass is 258 g/mol. The maximum Gasteiger partial charge on any atom is 0.304 e. The van der Waals surface area contributed by atoms with Crippen LogP contribution in [0.1, 0.15) is 20.3 Å². The predicted octanol–water partition coefficient (Wildman–Crippen LogP) is 2.40. The lowest BCUT2D eigenvalue weighted by Crippen LogP contribution is -2.17. The minimum absolute atomic E-state index is 0.300. The number of esters is 1. The van der Waals surface area contributed by atoms with Crippen molar-refractivity contribution in [1.29, 1.82) is 0 Å². The lowest BCUT2D eigenvalue weighted by atomic mass is 10.5. The molecule has 0 amide bonds. The Labute approximate surface area is 71.2 Å². The molecular weight excluding hydrogens is 252 g/mol. The van der Waals surface area contributed by atoms with Gasteiger partial charge in [-0.3, -0.25) is 4.79 Å². The van der Waals surface area contributed by atoms with Crippen LogP contribution in [0, 0.1) is 0 Å². The van der Waals surface area contributed by atoms with Crippen LogP contribution in [0.25, 0.3) is 0 Å². The van der Waals surface area contributed by atoms with Crippen LogP contribution < -0.4 is 0 Å². The second-order valence-corrected chi connectivity index (χ2v) is 5.21. The highest BCUT2D eigenvalue weighted by atomic mass is 79.9. The second-order valence-electron chi connectivity index (χ2n) is 1.58. The summed E-state index contributed by atoms with van der Waals surface area (Å²) in [5.41, 5.74) is 0. The minimum atomic E-state index is -0.661. The zero-order valence-corrected chi connectivity index (χ0v) is 8.45. The van der Waals surface area contributed by atoms with Gasteiger partial charge in [0.25, 0.3) is 0 Å². The smallest absolute Gasteiger partial charge is 0.304 e. The number of rotatable bonds is 2. The molecule has 4 heteroatoms. The zero-order valence-electron chi connectivity index (χ0n) is 5.28. The summed E-state index contributed by atoms with van der Waals surface area (Å²) in [7, 11) is 0. The van der Waals surface area contributed by atoms with Crippen LogP contribution in [0.2, 0.25) is 0 Å². The van der Waals surface area contributed by atoms with E-state index in [0.29, 0.717) is 6.42 Å². The molecule has 0 atom stereocenters. The van der Waals surface area contributed by atoms with Gasteiger partial charge in [-0.25, -0.2) is 0 Å². The summed E-state index contributed by atoms with van der Waals surface area (Å²) in [4.78, 5) is 10.3. The summed E-state index contributed by atoms with van der Waals surface area (Å²) in [5, 5.41) is 0. The maximum absolute atomic E-state index is 10.3. The Hall–Kier alpha value is 0.430. The summed E-state index contributed by atoms with van der Waals surface area (Å²) in [6.07, 6.45) is 0.687. The van der Waals surface area contributed by atoms with Crippen molar-refractivity contribution in [2.45, 2.75) is 23.7 Å². The van der Waals surface area contributed by atoms with Gasteiger partial charge < -0.3 is 4.74 Å². The summed E-state index contributed by atoms with van der Waals surface area (Å²) in [5.74, 6) is -0.300. The maximum atomic E-state index is 10.3. The molecule has 0 aromatic carbocycles. The highest BCUT2D eigenvalue weighted by molar-refractivity contribution is 9.25. The Balaban J connectivity index is 3.71. The summed E-state index contributed by atoms with van der Waals surface area (Å²) < 4.78 is 4.12. The number of carbonyl (C=O) groups excluding carboxylic acids is 1. The van der Waals surface area contributed by atoms with Crippen LogP contribution in [-0.4, -0.2) is 9.39 Å². The van der Waals surface area contributed by atoms with Gasteiger partial charge in [0.1, 0.15) is 0 Å². The lowest BCUT2D eigenvalue weighted by molar-refractivity contribution is -0.143. The largest absolute Gasteiger partial charge is 0.437 e. The average molecular weight is 260 g/mol. The van der Waals surface area contributed by atoms with E-state index in [1.807, 2.05) is 6.92 Å². The fourth-order valence-electron chi connectivity index (χ4n) is 0.282. The standard InChI is InChI=1S/C5H8Br2O2/c1-3-5(6,7)9-4(2)8/h3H2,1-2H3. The van der Waals surface area contributed by atoms with Crippen molar-refractivity contribution in [3.05, 3.63) is 0 Å². The fraction of sp³-hybridized carbons (Fsp3) is 0.800. The minimum Gasteiger partial charge on any atom is -0.437 e. The third-order valence-electron chi connectivity index (χ3n) is 0.705. The molecule has 0 bridgehead atoms. The van der Waals surface area contributed by atoms with Gasteiger partial charge in [0, 0.05) is 13.3 Å². The van der Waals surface area contributed by atoms with E-state index >= 15 is 0 Å². The Morgan fingerprint density at radius 3 is 2.22 bits per heavy atom. The van der Waals surface area contributed by atoms with Crippen LogP contribution in [0.4, 0.5) is 0 Å². The molecule has 0 heterocycles. The highest BCUT2D eigenvalue weighted by Crippen LogP contribution is 2.30. The van der Waals surface area contributed by atoms with E-state index in [1.54, 1.807) is 0 Å². The number of hydrogen-bond acceptors (Lipinski definition) is 2. The Bertz CT molecular complexity index is 112. The van der Waals surface area contributed by atoms with Crippen molar-refractivity contribution >= 4 is 37.8 Å². The first kappa shape index (κ1) is 9.43. The number of hydrogen-bond donors (Lipinski definition) is 0. The van der Waals surface area contributed by atoms with Crippen molar-refractivity contribution in [2.24, 2.45) is 0 Å². The van der Waals surface area contributed by atoms with Crippen molar-refractivity contribution in [2.75, 3.05) is 0 Å². The number of carbonyl (C=O) groups is 1. The van der Waals surface area contributed by atoms with E-state index in [-0.39, 0.29) is 5.97 Å². The molecule has 0 spiro atoms. The molecule has 0 saturated heterocycles. The lowest BCUT2D eigenvalue weighted by Gasteiger charge is -2.16. The van der Waals surface area contributed by atoms with Crippen molar-refractivity contribution in [3.8, 4) is 0 Å². The Morgan fingerprint density at radius 2 is 2.11 bits per heavy atom. The molecule has 0 aliphatic heterocycles. The van der Waals surface area contributed by atoms with Crippen LogP contribution >= 0.6 is 31.9 Å². The van der Waals surface area contributed by atoms with Crippen LogP contribution in [0.15, 0.2) is 0 Å². The molecular formula is C5H8Br2O2. The number of alkyl halides is 2. The number of halogens is 2. The molecule has 0 saturated carbocycles. The van der Waals surface area contributed by atoms with Gasteiger partial charge in [0.05, 0.1) is 0 Å². The molecule has 0 rings (SSSR count). The predicted molar refractivity (Wildman–Crippen MR) is 42.6 cm³/mol. The van der Waals surface area contributed by atoms with Gasteiger partial charge in [0.15, 0.2) is 0 Å². The summed E-state index contributed by atoms with van der Waals surface area (Å²) >= 11 is 6.31. The van der Waals surface area contributed by atoms with Crippen molar-refractivity contribution in [3.63, 3.8) is 0 Å². The average Bonchev–Trinajstić information content (AvgIpc) is 1.63. The normalized spacial score (nSPS) is 11.1. The molecule has 0 aliphatic carbocycles. The summed E-state index contributed by atoms with van der Waals surface area (Å²) in [6, 6.07) is 0. The molecule has 0 aromatic heterocycles. The first-order valence-corrected chi connectivity index (χ1v) is 4.14.